The van der Waals surface area contributed by atoms with Gasteiger partial charge in [-0.25, -0.2) is 0 Å². The van der Waals surface area contributed by atoms with Crippen LogP contribution in [0.3, 0.4) is 0 Å². The largest absolute Gasteiger partial charge is 0.316 e. The summed E-state index contributed by atoms with van der Waals surface area (Å²) >= 11 is 0. The lowest BCUT2D eigenvalue weighted by Crippen LogP contribution is -2.33. The maximum atomic E-state index is 3.36. The first-order valence-electron chi connectivity index (χ1n) is 3.51. The Balaban J connectivity index is 2.28. The molecule has 0 aromatic carbocycles. The zero-order chi connectivity index (χ0) is 5.98. The number of piperidine rings is 1. The van der Waals surface area contributed by atoms with Crippen molar-refractivity contribution in [3.05, 3.63) is 0 Å². The van der Waals surface area contributed by atoms with E-state index in [4.69, 9.17) is 0 Å². The summed E-state index contributed by atoms with van der Waals surface area (Å²) in [5.41, 5.74) is 0. The summed E-state index contributed by atoms with van der Waals surface area (Å²) in [5, 5.41) is 3.36. The highest BCUT2D eigenvalue weighted by Gasteiger charge is 2.14. The Morgan fingerprint density at radius 3 is 2.38 bits per heavy atom. The number of hydrogen-bond donors (Lipinski definition) is 1. The summed E-state index contributed by atoms with van der Waals surface area (Å²) in [6.45, 7) is 7.11. The van der Waals surface area contributed by atoms with Gasteiger partial charge in [0, 0.05) is 0 Å². The van der Waals surface area contributed by atoms with Crippen LogP contribution < -0.4 is 5.32 Å². The van der Waals surface area contributed by atoms with Crippen LogP contribution in [-0.2, 0) is 0 Å². The first kappa shape index (κ1) is 6.09. The third-order valence-corrected chi connectivity index (χ3v) is 2.21. The van der Waals surface area contributed by atoms with Gasteiger partial charge >= 0.3 is 0 Å². The molecule has 1 saturated heterocycles. The highest BCUT2D eigenvalue weighted by Crippen LogP contribution is 2.16. The zero-order valence-corrected chi connectivity index (χ0v) is 5.78. The topological polar surface area (TPSA) is 12.0 Å². The fourth-order valence-electron chi connectivity index (χ4n) is 1.15. The summed E-state index contributed by atoms with van der Waals surface area (Å²) in [5.74, 6) is 1.83. The van der Waals surface area contributed by atoms with E-state index in [1.54, 1.807) is 0 Å². The second kappa shape index (κ2) is 2.49. The van der Waals surface area contributed by atoms with Gasteiger partial charge in [-0.15, -0.1) is 0 Å². The summed E-state index contributed by atoms with van der Waals surface area (Å²) in [7, 11) is 0. The van der Waals surface area contributed by atoms with Crippen LogP contribution in [0.2, 0.25) is 0 Å². The van der Waals surface area contributed by atoms with Crippen LogP contribution in [-0.4, -0.2) is 13.1 Å². The van der Waals surface area contributed by atoms with Crippen molar-refractivity contribution < 1.29 is 0 Å². The lowest BCUT2D eigenvalue weighted by Gasteiger charge is -2.25. The maximum Gasteiger partial charge on any atom is -0.00206 e. The number of hydrogen-bond acceptors (Lipinski definition) is 1. The molecule has 48 valence electrons. The van der Waals surface area contributed by atoms with E-state index in [-0.39, 0.29) is 0 Å². The van der Waals surface area contributed by atoms with E-state index in [1.807, 2.05) is 0 Å². The quantitative estimate of drug-likeness (QED) is 0.498. The van der Waals surface area contributed by atoms with E-state index in [1.165, 1.54) is 19.5 Å². The van der Waals surface area contributed by atoms with E-state index >= 15 is 0 Å². The SMILES string of the molecule is CC1CCNC[C@H]1C. The zero-order valence-electron chi connectivity index (χ0n) is 5.78. The second-order valence-corrected chi connectivity index (χ2v) is 2.95. The standard InChI is InChI=1S/C7H15N/c1-6-3-4-8-5-7(6)2/h6-8H,3-5H2,1-2H3/t6?,7-/m1/s1. The fraction of sp³-hybridized carbons (Fsp3) is 1.00. The van der Waals surface area contributed by atoms with Crippen LogP contribution in [0.4, 0.5) is 0 Å². The highest BCUT2D eigenvalue weighted by molar-refractivity contribution is 4.70. The predicted molar refractivity (Wildman–Crippen MR) is 35.8 cm³/mol. The van der Waals surface area contributed by atoms with Gasteiger partial charge in [-0.05, 0) is 31.3 Å². The molecule has 1 heterocycles. The van der Waals surface area contributed by atoms with Crippen LogP contribution in [0.25, 0.3) is 0 Å². The molecule has 1 aliphatic heterocycles. The molecule has 0 aromatic heterocycles. The molecule has 1 N–H and O–H groups in total. The molecular formula is C7H15N. The first-order chi connectivity index (χ1) is 3.80. The lowest BCUT2D eigenvalue weighted by atomic mass is 9.90. The van der Waals surface area contributed by atoms with E-state index < -0.39 is 0 Å². The van der Waals surface area contributed by atoms with Crippen LogP contribution in [0.5, 0.6) is 0 Å². The summed E-state index contributed by atoms with van der Waals surface area (Å²) in [6, 6.07) is 0. The monoisotopic (exact) mass is 113 g/mol. The Labute approximate surface area is 51.5 Å². The van der Waals surface area contributed by atoms with E-state index in [9.17, 15) is 0 Å². The number of rotatable bonds is 0. The van der Waals surface area contributed by atoms with Crippen molar-refractivity contribution in [1.82, 2.24) is 5.32 Å². The minimum Gasteiger partial charge on any atom is -0.316 e. The van der Waals surface area contributed by atoms with Crippen LogP contribution >= 0.6 is 0 Å². The first-order valence-corrected chi connectivity index (χ1v) is 3.51. The molecule has 0 spiro atoms. The number of nitrogens with one attached hydrogen (secondary N) is 1. The summed E-state index contributed by atoms with van der Waals surface area (Å²) in [6.07, 6.45) is 1.36. The van der Waals surface area contributed by atoms with Crippen molar-refractivity contribution >= 4 is 0 Å². The van der Waals surface area contributed by atoms with Crippen molar-refractivity contribution in [2.75, 3.05) is 13.1 Å². The van der Waals surface area contributed by atoms with Crippen LogP contribution in [0.15, 0.2) is 0 Å². The smallest absolute Gasteiger partial charge is 0.00206 e. The van der Waals surface area contributed by atoms with Gasteiger partial charge in [-0.2, -0.15) is 0 Å². The molecular weight excluding hydrogens is 98.1 g/mol. The predicted octanol–water partition coefficient (Wildman–Crippen LogP) is 1.25. The third-order valence-electron chi connectivity index (χ3n) is 2.21. The minimum atomic E-state index is 0.892. The Bertz CT molecular complexity index is 60.8. The molecule has 0 aromatic rings. The van der Waals surface area contributed by atoms with Gasteiger partial charge < -0.3 is 5.32 Å². The van der Waals surface area contributed by atoms with Gasteiger partial charge in [0.15, 0.2) is 0 Å². The van der Waals surface area contributed by atoms with Gasteiger partial charge in [0.25, 0.3) is 0 Å². The van der Waals surface area contributed by atoms with Crippen molar-refractivity contribution in [3.8, 4) is 0 Å². The highest BCUT2D eigenvalue weighted by atomic mass is 14.9. The van der Waals surface area contributed by atoms with Crippen molar-refractivity contribution in [3.63, 3.8) is 0 Å². The molecule has 0 bridgehead atoms. The maximum absolute atomic E-state index is 3.36. The fourth-order valence-corrected chi connectivity index (χ4v) is 1.15. The molecule has 0 radical (unpaired) electrons. The lowest BCUT2D eigenvalue weighted by molar-refractivity contribution is 0.295. The molecule has 1 nitrogen and oxygen atoms in total. The Morgan fingerprint density at radius 1 is 1.25 bits per heavy atom. The average molecular weight is 113 g/mol. The molecule has 2 atom stereocenters. The Morgan fingerprint density at radius 2 is 2.00 bits per heavy atom. The van der Waals surface area contributed by atoms with E-state index in [2.05, 4.69) is 19.2 Å². The van der Waals surface area contributed by atoms with Gasteiger partial charge in [0.2, 0.25) is 0 Å². The van der Waals surface area contributed by atoms with Crippen molar-refractivity contribution in [2.24, 2.45) is 11.8 Å². The average Bonchev–Trinajstić information content (AvgIpc) is 1.77. The molecule has 1 unspecified atom stereocenters. The normalized spacial score (nSPS) is 39.8. The Hall–Kier alpha value is -0.0400. The van der Waals surface area contributed by atoms with Gasteiger partial charge in [0.1, 0.15) is 0 Å². The van der Waals surface area contributed by atoms with Gasteiger partial charge in [-0.3, -0.25) is 0 Å². The molecule has 1 fully saturated rings. The molecule has 0 aliphatic carbocycles. The molecule has 0 amide bonds. The molecule has 8 heavy (non-hydrogen) atoms. The molecule has 0 saturated carbocycles. The molecule has 1 aliphatic rings. The second-order valence-electron chi connectivity index (χ2n) is 2.95. The van der Waals surface area contributed by atoms with Crippen LogP contribution in [0, 0.1) is 11.8 Å². The van der Waals surface area contributed by atoms with E-state index in [0.29, 0.717) is 0 Å². The van der Waals surface area contributed by atoms with Gasteiger partial charge in [-0.1, -0.05) is 13.8 Å². The van der Waals surface area contributed by atoms with Crippen LogP contribution in [0.1, 0.15) is 20.3 Å². The van der Waals surface area contributed by atoms with Crippen molar-refractivity contribution in [1.29, 1.82) is 0 Å². The Kier molecular flexibility index (Phi) is 1.90. The summed E-state index contributed by atoms with van der Waals surface area (Å²) in [4.78, 5) is 0. The van der Waals surface area contributed by atoms with Crippen molar-refractivity contribution in [2.45, 2.75) is 20.3 Å². The molecule has 1 rings (SSSR count). The minimum absolute atomic E-state index is 0.892. The molecule has 1 heteroatoms. The third kappa shape index (κ3) is 1.22. The summed E-state index contributed by atoms with van der Waals surface area (Å²) < 4.78 is 0. The van der Waals surface area contributed by atoms with Gasteiger partial charge in [0.05, 0.1) is 0 Å². The van der Waals surface area contributed by atoms with E-state index in [0.717, 1.165) is 11.8 Å².